The minimum Gasteiger partial charge on any atom is -0.285 e. The summed E-state index contributed by atoms with van der Waals surface area (Å²) in [5.41, 5.74) is 1.58. The van der Waals surface area contributed by atoms with E-state index in [-0.39, 0.29) is 29.4 Å². The van der Waals surface area contributed by atoms with Gasteiger partial charge in [0.2, 0.25) is 5.78 Å². The van der Waals surface area contributed by atoms with Crippen molar-refractivity contribution >= 4 is 21.7 Å². The third-order valence-corrected chi connectivity index (χ3v) is 5.24. The average Bonchev–Trinajstić information content (AvgIpc) is 2.63. The summed E-state index contributed by atoms with van der Waals surface area (Å²) in [5, 5.41) is 0. The maximum atomic E-state index is 13.5. The molecule has 0 aromatic carbocycles. The van der Waals surface area contributed by atoms with Gasteiger partial charge in [-0.2, -0.15) is 0 Å². The Morgan fingerprint density at radius 2 is 1.97 bits per heavy atom. The van der Waals surface area contributed by atoms with Crippen LogP contribution in [0.4, 0.5) is 0 Å². The van der Waals surface area contributed by atoms with Crippen LogP contribution < -0.4 is 11.2 Å². The van der Waals surface area contributed by atoms with Gasteiger partial charge in [0, 0.05) is 23.0 Å². The number of aromatic amines is 1. The minimum atomic E-state index is -0.650. The van der Waals surface area contributed by atoms with Crippen molar-refractivity contribution in [3.63, 3.8) is 0 Å². The molecule has 0 spiro atoms. The van der Waals surface area contributed by atoms with Crippen molar-refractivity contribution in [1.82, 2.24) is 19.5 Å². The number of aromatic nitrogens is 4. The molecule has 0 aliphatic heterocycles. The van der Waals surface area contributed by atoms with Crippen LogP contribution in [-0.2, 0) is 6.54 Å². The summed E-state index contributed by atoms with van der Waals surface area (Å²) < 4.78 is 1.85. The summed E-state index contributed by atoms with van der Waals surface area (Å²) in [7, 11) is 0. The summed E-state index contributed by atoms with van der Waals surface area (Å²) in [6.45, 7) is 7.36. The van der Waals surface area contributed by atoms with Crippen LogP contribution in [0.2, 0.25) is 0 Å². The molecule has 3 heterocycles. The SMILES string of the molecule is Cc1cc(C)nc(C(=O)c2c(C(C)C)c(=O)[nH]c(=O)n2Cc2cccnc2Br)c1. The first-order valence-corrected chi connectivity index (χ1v) is 9.94. The molecule has 3 rings (SSSR count). The predicted molar refractivity (Wildman–Crippen MR) is 114 cm³/mol. The predicted octanol–water partition coefficient (Wildman–Crippen LogP) is 3.11. The summed E-state index contributed by atoms with van der Waals surface area (Å²) >= 11 is 3.37. The van der Waals surface area contributed by atoms with E-state index in [4.69, 9.17) is 0 Å². The molecule has 0 saturated carbocycles. The first kappa shape index (κ1) is 20.9. The van der Waals surface area contributed by atoms with Gasteiger partial charge in [0.25, 0.3) is 5.56 Å². The highest BCUT2D eigenvalue weighted by Crippen LogP contribution is 2.20. The first-order chi connectivity index (χ1) is 13.7. The maximum Gasteiger partial charge on any atom is 0.329 e. The highest BCUT2D eigenvalue weighted by atomic mass is 79.9. The summed E-state index contributed by atoms with van der Waals surface area (Å²) in [5.74, 6) is -0.725. The van der Waals surface area contributed by atoms with Gasteiger partial charge in [-0.1, -0.05) is 19.9 Å². The molecule has 0 unspecified atom stereocenters. The Bertz CT molecular complexity index is 1190. The molecular formula is C21H21BrN4O3. The molecule has 7 nitrogen and oxygen atoms in total. The second-order valence-electron chi connectivity index (χ2n) is 7.22. The minimum absolute atomic E-state index is 0.0574. The van der Waals surface area contributed by atoms with E-state index < -0.39 is 17.0 Å². The normalized spacial score (nSPS) is 11.1. The van der Waals surface area contributed by atoms with Crippen molar-refractivity contribution in [1.29, 1.82) is 0 Å². The third kappa shape index (κ3) is 4.27. The van der Waals surface area contributed by atoms with Gasteiger partial charge in [0.15, 0.2) is 0 Å². The van der Waals surface area contributed by atoms with Crippen molar-refractivity contribution in [2.45, 2.75) is 40.2 Å². The van der Waals surface area contributed by atoms with Gasteiger partial charge in [0.05, 0.1) is 6.54 Å². The second kappa shape index (κ2) is 8.24. The Labute approximate surface area is 176 Å². The van der Waals surface area contributed by atoms with E-state index in [0.29, 0.717) is 15.9 Å². The molecule has 8 heteroatoms. The Morgan fingerprint density at radius 3 is 2.59 bits per heavy atom. The van der Waals surface area contributed by atoms with E-state index in [1.54, 1.807) is 31.3 Å². The van der Waals surface area contributed by atoms with Crippen LogP contribution in [0.25, 0.3) is 0 Å². The van der Waals surface area contributed by atoms with E-state index in [0.717, 1.165) is 5.56 Å². The summed E-state index contributed by atoms with van der Waals surface area (Å²) in [6.07, 6.45) is 1.62. The van der Waals surface area contributed by atoms with Gasteiger partial charge in [-0.3, -0.25) is 19.1 Å². The van der Waals surface area contributed by atoms with Crippen LogP contribution in [-0.4, -0.2) is 25.3 Å². The van der Waals surface area contributed by atoms with Crippen molar-refractivity contribution in [3.8, 4) is 0 Å². The number of carbonyl (C=O) groups excluding carboxylic acids is 1. The first-order valence-electron chi connectivity index (χ1n) is 9.15. The Hall–Kier alpha value is -2.87. The lowest BCUT2D eigenvalue weighted by molar-refractivity contribution is 0.102. The number of rotatable bonds is 5. The second-order valence-corrected chi connectivity index (χ2v) is 7.97. The number of hydrogen-bond donors (Lipinski definition) is 1. The van der Waals surface area contributed by atoms with Crippen LogP contribution >= 0.6 is 15.9 Å². The maximum absolute atomic E-state index is 13.5. The lowest BCUT2D eigenvalue weighted by atomic mass is 9.98. The van der Waals surface area contributed by atoms with Gasteiger partial charge >= 0.3 is 5.69 Å². The van der Waals surface area contributed by atoms with E-state index in [1.807, 2.05) is 26.8 Å². The van der Waals surface area contributed by atoms with Gasteiger partial charge < -0.3 is 0 Å². The molecule has 0 aliphatic rings. The van der Waals surface area contributed by atoms with Crippen LogP contribution in [0.15, 0.2) is 44.7 Å². The number of pyridine rings is 2. The highest BCUT2D eigenvalue weighted by Gasteiger charge is 2.26. The van der Waals surface area contributed by atoms with E-state index in [1.165, 1.54) is 4.57 Å². The van der Waals surface area contributed by atoms with Gasteiger partial charge in [-0.05, 0) is 59.5 Å². The van der Waals surface area contributed by atoms with Crippen LogP contribution in [0.1, 0.15) is 58.3 Å². The van der Waals surface area contributed by atoms with Crippen LogP contribution in [0.3, 0.4) is 0 Å². The van der Waals surface area contributed by atoms with Crippen molar-refractivity contribution in [2.24, 2.45) is 0 Å². The van der Waals surface area contributed by atoms with Crippen molar-refractivity contribution < 1.29 is 4.79 Å². The standard InChI is InChI=1S/C21H21BrN4O3/c1-11(2)16-17(18(27)15-9-12(3)8-13(4)24-15)26(21(29)25-20(16)28)10-14-6-5-7-23-19(14)22/h5-9,11H,10H2,1-4H3,(H,25,28,29). The number of aryl methyl sites for hydroxylation is 2. The molecule has 0 bridgehead atoms. The summed E-state index contributed by atoms with van der Waals surface area (Å²) in [6, 6.07) is 7.06. The number of nitrogens with one attached hydrogen (secondary N) is 1. The highest BCUT2D eigenvalue weighted by molar-refractivity contribution is 9.10. The molecular weight excluding hydrogens is 436 g/mol. The fourth-order valence-corrected chi connectivity index (χ4v) is 3.68. The molecule has 0 aliphatic carbocycles. The molecule has 0 fully saturated rings. The molecule has 3 aromatic rings. The van der Waals surface area contributed by atoms with Gasteiger partial charge in [-0.25, -0.2) is 14.8 Å². The molecule has 0 atom stereocenters. The molecule has 3 aromatic heterocycles. The van der Waals surface area contributed by atoms with E-state index in [2.05, 4.69) is 30.9 Å². The zero-order chi connectivity index (χ0) is 21.3. The van der Waals surface area contributed by atoms with Gasteiger partial charge in [0.1, 0.15) is 16.0 Å². The number of ketones is 1. The molecule has 0 saturated heterocycles. The number of H-pyrrole nitrogens is 1. The zero-order valence-corrected chi connectivity index (χ0v) is 18.2. The number of hydrogen-bond acceptors (Lipinski definition) is 5. The zero-order valence-electron chi connectivity index (χ0n) is 16.6. The number of halogens is 1. The molecule has 0 amide bonds. The van der Waals surface area contributed by atoms with E-state index in [9.17, 15) is 14.4 Å². The molecule has 150 valence electrons. The Morgan fingerprint density at radius 1 is 1.24 bits per heavy atom. The van der Waals surface area contributed by atoms with Gasteiger partial charge in [-0.15, -0.1) is 0 Å². The topological polar surface area (TPSA) is 97.7 Å². The largest absolute Gasteiger partial charge is 0.329 e. The fraction of sp³-hybridized carbons (Fsp3) is 0.286. The molecule has 29 heavy (non-hydrogen) atoms. The lowest BCUT2D eigenvalue weighted by Gasteiger charge is -2.17. The van der Waals surface area contributed by atoms with Crippen molar-refractivity contribution in [2.75, 3.05) is 0 Å². The third-order valence-electron chi connectivity index (χ3n) is 4.52. The number of nitrogens with zero attached hydrogens (tertiary/aromatic N) is 3. The monoisotopic (exact) mass is 456 g/mol. The van der Waals surface area contributed by atoms with Crippen molar-refractivity contribution in [3.05, 3.63) is 89.7 Å². The summed E-state index contributed by atoms with van der Waals surface area (Å²) in [4.78, 5) is 49.6. The Kier molecular flexibility index (Phi) is 5.93. The van der Waals surface area contributed by atoms with Crippen LogP contribution in [0, 0.1) is 13.8 Å². The Balaban J connectivity index is 2.30. The molecule has 0 radical (unpaired) electrons. The van der Waals surface area contributed by atoms with Crippen LogP contribution in [0.5, 0.6) is 0 Å². The number of carbonyl (C=O) groups is 1. The smallest absolute Gasteiger partial charge is 0.285 e. The lowest BCUT2D eigenvalue weighted by Crippen LogP contribution is -2.38. The quantitative estimate of drug-likeness (QED) is 0.469. The fourth-order valence-electron chi connectivity index (χ4n) is 3.30. The van der Waals surface area contributed by atoms with E-state index >= 15 is 0 Å². The molecule has 1 N–H and O–H groups in total. The average molecular weight is 457 g/mol.